The van der Waals surface area contributed by atoms with E-state index in [1.54, 1.807) is 24.3 Å². The summed E-state index contributed by atoms with van der Waals surface area (Å²) in [5.74, 6) is 0.289. The molecule has 2 aromatic carbocycles. The molecule has 3 N–H and O–H groups in total. The number of halogens is 1. The minimum absolute atomic E-state index is 0.187. The molecule has 0 bridgehead atoms. The Morgan fingerprint density at radius 2 is 1.87 bits per heavy atom. The van der Waals surface area contributed by atoms with Gasteiger partial charge in [-0.3, -0.25) is 4.79 Å². The Hall–Kier alpha value is -2.74. The molecular weight excluding hydrogens is 420 g/mol. The van der Waals surface area contributed by atoms with Crippen LogP contribution in [-0.4, -0.2) is 31.2 Å². The van der Waals surface area contributed by atoms with Gasteiger partial charge in [-0.05, 0) is 36.4 Å². The zero-order chi connectivity index (χ0) is 20.7. The lowest BCUT2D eigenvalue weighted by Crippen LogP contribution is -2.43. The van der Waals surface area contributed by atoms with Crippen LogP contribution in [0.5, 0.6) is 0 Å². The fourth-order valence-corrected chi connectivity index (χ4v) is 4.73. The summed E-state index contributed by atoms with van der Waals surface area (Å²) in [5.41, 5.74) is 8.11. The maximum atomic E-state index is 12.8. The van der Waals surface area contributed by atoms with Gasteiger partial charge in [0, 0.05) is 42.8 Å². The second kappa shape index (κ2) is 7.83. The van der Waals surface area contributed by atoms with Crippen molar-refractivity contribution in [2.75, 3.05) is 36.8 Å². The molecule has 0 amide bonds. The van der Waals surface area contributed by atoms with Gasteiger partial charge in [0.15, 0.2) is 11.1 Å². The van der Waals surface area contributed by atoms with E-state index in [0.29, 0.717) is 21.6 Å². The number of hydrogen-bond donors (Lipinski definition) is 2. The number of nitrogens with one attached hydrogen (secondary N) is 1. The Morgan fingerprint density at radius 1 is 1.10 bits per heavy atom. The first-order valence-electron chi connectivity index (χ1n) is 9.65. The van der Waals surface area contributed by atoms with Crippen LogP contribution in [0, 0.1) is 0 Å². The predicted octanol–water partition coefficient (Wildman–Crippen LogP) is 4.14. The highest BCUT2D eigenvalue weighted by molar-refractivity contribution is 7.99. The number of nitrogens with zero attached hydrogens (tertiary/aromatic N) is 2. The lowest BCUT2D eigenvalue weighted by Gasteiger charge is -2.29. The lowest BCUT2D eigenvalue weighted by molar-refractivity contribution is 0.589. The van der Waals surface area contributed by atoms with E-state index >= 15 is 0 Å². The largest absolute Gasteiger partial charge is 0.454 e. The number of rotatable bonds is 3. The van der Waals surface area contributed by atoms with Crippen LogP contribution in [0.1, 0.15) is 0 Å². The van der Waals surface area contributed by atoms with Crippen molar-refractivity contribution in [3.05, 3.63) is 63.8 Å². The van der Waals surface area contributed by atoms with Crippen molar-refractivity contribution in [1.29, 1.82) is 0 Å². The van der Waals surface area contributed by atoms with Crippen molar-refractivity contribution in [2.24, 2.45) is 0 Å². The third-order valence-corrected chi connectivity index (χ3v) is 6.53. The summed E-state index contributed by atoms with van der Waals surface area (Å²) in [6, 6.07) is 15.3. The molecule has 2 aromatic heterocycles. The van der Waals surface area contributed by atoms with Gasteiger partial charge in [0.2, 0.25) is 5.43 Å². The number of nitrogen functional groups attached to an aromatic ring is 1. The highest BCUT2D eigenvalue weighted by Gasteiger charge is 2.15. The molecule has 0 aliphatic carbocycles. The molecule has 1 fully saturated rings. The van der Waals surface area contributed by atoms with Gasteiger partial charge in [0.05, 0.1) is 15.3 Å². The summed E-state index contributed by atoms with van der Waals surface area (Å²) < 4.78 is 5.91. The van der Waals surface area contributed by atoms with Gasteiger partial charge in [-0.2, -0.15) is 0 Å². The standard InChI is InChI=1S/C22H19ClN4O2S/c23-15-2-1-3-16-19(15)21(28)20-17(29-16)12-18(22(24)26-20)30-14-6-4-13(5-7-14)27-10-8-25-9-11-27/h1-7,12,25H,8-11H2,(H2,24,26). The molecule has 1 aliphatic heterocycles. The molecule has 1 aliphatic rings. The smallest absolute Gasteiger partial charge is 0.220 e. The average Bonchev–Trinajstić information content (AvgIpc) is 2.76. The second-order valence-electron chi connectivity index (χ2n) is 7.10. The third-order valence-electron chi connectivity index (χ3n) is 5.16. The van der Waals surface area contributed by atoms with Gasteiger partial charge in [0.25, 0.3) is 0 Å². The minimum Gasteiger partial charge on any atom is -0.454 e. The number of nitrogens with two attached hydrogens (primary N) is 1. The summed E-state index contributed by atoms with van der Waals surface area (Å²) in [4.78, 5) is 21.3. The summed E-state index contributed by atoms with van der Waals surface area (Å²) in [6.07, 6.45) is 0. The minimum atomic E-state index is -0.277. The van der Waals surface area contributed by atoms with Crippen molar-refractivity contribution in [3.63, 3.8) is 0 Å². The van der Waals surface area contributed by atoms with Crippen molar-refractivity contribution < 1.29 is 4.42 Å². The van der Waals surface area contributed by atoms with Crippen molar-refractivity contribution in [3.8, 4) is 0 Å². The number of benzene rings is 2. The molecule has 30 heavy (non-hydrogen) atoms. The zero-order valence-corrected chi connectivity index (χ0v) is 17.6. The fourth-order valence-electron chi connectivity index (χ4n) is 3.64. The van der Waals surface area contributed by atoms with E-state index in [0.717, 1.165) is 36.0 Å². The molecule has 1 saturated heterocycles. The van der Waals surface area contributed by atoms with Gasteiger partial charge in [0.1, 0.15) is 11.4 Å². The van der Waals surface area contributed by atoms with Crippen LogP contribution >= 0.6 is 23.4 Å². The predicted molar refractivity (Wildman–Crippen MR) is 123 cm³/mol. The highest BCUT2D eigenvalue weighted by Crippen LogP contribution is 2.35. The number of piperazine rings is 1. The Morgan fingerprint density at radius 3 is 2.63 bits per heavy atom. The third kappa shape index (κ3) is 3.49. The van der Waals surface area contributed by atoms with E-state index in [1.807, 2.05) is 0 Å². The number of fused-ring (bicyclic) bond motifs is 2. The van der Waals surface area contributed by atoms with Crippen molar-refractivity contribution >= 4 is 56.9 Å². The maximum Gasteiger partial charge on any atom is 0.220 e. The molecule has 5 rings (SSSR count). The van der Waals surface area contributed by atoms with Crippen molar-refractivity contribution in [2.45, 2.75) is 9.79 Å². The molecule has 8 heteroatoms. The number of aromatic nitrogens is 1. The molecule has 0 spiro atoms. The topological polar surface area (TPSA) is 84.4 Å². The first-order chi connectivity index (χ1) is 14.6. The molecule has 3 heterocycles. The van der Waals surface area contributed by atoms with Crippen LogP contribution in [0.4, 0.5) is 11.5 Å². The van der Waals surface area contributed by atoms with Crippen LogP contribution in [-0.2, 0) is 0 Å². The highest BCUT2D eigenvalue weighted by atomic mass is 35.5. The summed E-state index contributed by atoms with van der Waals surface area (Å²) >= 11 is 7.67. The Balaban J connectivity index is 1.49. The quantitative estimate of drug-likeness (QED) is 0.465. The van der Waals surface area contributed by atoms with E-state index in [4.69, 9.17) is 21.8 Å². The van der Waals surface area contributed by atoms with Crippen LogP contribution in [0.15, 0.2) is 67.5 Å². The Bertz CT molecular complexity index is 1300. The normalized spacial score (nSPS) is 14.5. The molecule has 4 aromatic rings. The summed E-state index contributed by atoms with van der Waals surface area (Å²) in [6.45, 7) is 4.01. The first-order valence-corrected chi connectivity index (χ1v) is 10.8. The molecular formula is C22H19ClN4O2S. The van der Waals surface area contributed by atoms with E-state index in [9.17, 15) is 4.79 Å². The Kier molecular flexibility index (Phi) is 5.02. The van der Waals surface area contributed by atoms with E-state index in [2.05, 4.69) is 39.5 Å². The van der Waals surface area contributed by atoms with Gasteiger partial charge in [-0.15, -0.1) is 0 Å². The van der Waals surface area contributed by atoms with Crippen LogP contribution < -0.4 is 21.4 Å². The van der Waals surface area contributed by atoms with Crippen molar-refractivity contribution in [1.82, 2.24) is 10.3 Å². The van der Waals surface area contributed by atoms with Gasteiger partial charge in [-0.1, -0.05) is 29.4 Å². The molecule has 6 nitrogen and oxygen atoms in total. The monoisotopic (exact) mass is 438 g/mol. The van der Waals surface area contributed by atoms with E-state index in [1.165, 1.54) is 17.4 Å². The van der Waals surface area contributed by atoms with Gasteiger partial charge >= 0.3 is 0 Å². The summed E-state index contributed by atoms with van der Waals surface area (Å²) in [5, 5.41) is 4.02. The number of anilines is 2. The number of pyridine rings is 1. The first kappa shape index (κ1) is 19.2. The second-order valence-corrected chi connectivity index (χ2v) is 8.62. The van der Waals surface area contributed by atoms with Crippen LogP contribution in [0.3, 0.4) is 0 Å². The Labute approximate surface area is 182 Å². The lowest BCUT2D eigenvalue weighted by atomic mass is 10.2. The molecule has 0 atom stereocenters. The fraction of sp³-hybridized carbons (Fsp3) is 0.182. The average molecular weight is 439 g/mol. The zero-order valence-electron chi connectivity index (χ0n) is 16.0. The van der Waals surface area contributed by atoms with Gasteiger partial charge < -0.3 is 20.4 Å². The van der Waals surface area contributed by atoms with E-state index < -0.39 is 0 Å². The van der Waals surface area contributed by atoms with Crippen LogP contribution in [0.25, 0.3) is 22.1 Å². The SMILES string of the molecule is Nc1nc2c(=O)c3c(Cl)cccc3oc2cc1Sc1ccc(N2CCNCC2)cc1. The molecule has 0 radical (unpaired) electrons. The molecule has 0 unspecified atom stereocenters. The van der Waals surface area contributed by atoms with Crippen LogP contribution in [0.2, 0.25) is 5.02 Å². The summed E-state index contributed by atoms with van der Waals surface area (Å²) in [7, 11) is 0. The number of hydrogen-bond acceptors (Lipinski definition) is 7. The van der Waals surface area contributed by atoms with E-state index in [-0.39, 0.29) is 16.8 Å². The maximum absolute atomic E-state index is 12.8. The molecule has 0 saturated carbocycles. The molecule has 152 valence electrons. The van der Waals surface area contributed by atoms with Gasteiger partial charge in [-0.25, -0.2) is 4.98 Å².